The van der Waals surface area contributed by atoms with E-state index >= 15 is 0 Å². The Balaban J connectivity index is 2.04. The zero-order valence-corrected chi connectivity index (χ0v) is 13.2. The van der Waals surface area contributed by atoms with E-state index in [0.717, 1.165) is 19.4 Å². The molecule has 0 saturated heterocycles. The molecule has 0 aromatic carbocycles. The molecule has 2 rings (SSSR count). The average molecular weight is 319 g/mol. The summed E-state index contributed by atoms with van der Waals surface area (Å²) in [5.41, 5.74) is 0. The molecule has 0 bridgehead atoms. The largest absolute Gasteiger partial charge is 0.382 e. The number of halogens is 1. The van der Waals surface area contributed by atoms with E-state index in [1.165, 1.54) is 0 Å². The maximum absolute atomic E-state index is 12.8. The molecule has 0 spiro atoms. The van der Waals surface area contributed by atoms with Crippen LogP contribution in [0.2, 0.25) is 0 Å². The summed E-state index contributed by atoms with van der Waals surface area (Å²) >= 11 is 0. The van der Waals surface area contributed by atoms with Crippen molar-refractivity contribution in [2.75, 3.05) is 37.5 Å². The maximum atomic E-state index is 12.8. The van der Waals surface area contributed by atoms with E-state index in [1.807, 2.05) is 24.1 Å². The molecule has 1 aromatic heterocycles. The van der Waals surface area contributed by atoms with Crippen molar-refractivity contribution < 1.29 is 17.0 Å². The smallest absolute Gasteiger partial charge is 0.304 e. The van der Waals surface area contributed by atoms with Crippen LogP contribution in [-0.2, 0) is 15.0 Å². The Hall–Kier alpha value is -1.15. The van der Waals surface area contributed by atoms with Gasteiger partial charge in [0.15, 0.2) is 5.82 Å². The minimum Gasteiger partial charge on any atom is -0.382 e. The minimum absolute atomic E-state index is 0.0939. The predicted molar refractivity (Wildman–Crippen MR) is 78.6 cm³/mol. The molecule has 1 aliphatic rings. The fraction of sp³-hybridized carbons (Fsp3) is 0.769. The molecule has 8 heteroatoms. The van der Waals surface area contributed by atoms with Gasteiger partial charge < -0.3 is 9.64 Å². The van der Waals surface area contributed by atoms with E-state index in [9.17, 15) is 12.3 Å². The summed E-state index contributed by atoms with van der Waals surface area (Å²) < 4.78 is 41.1. The van der Waals surface area contributed by atoms with Crippen molar-refractivity contribution in [3.63, 3.8) is 0 Å². The highest BCUT2D eigenvalue weighted by Gasteiger charge is 2.26. The summed E-state index contributed by atoms with van der Waals surface area (Å²) in [7, 11) is -2.83. The summed E-state index contributed by atoms with van der Waals surface area (Å²) in [6.07, 6.45) is 4.11. The number of methoxy groups -OCH3 is 1. The molecule has 1 aliphatic carbocycles. The van der Waals surface area contributed by atoms with Crippen LogP contribution < -0.4 is 4.90 Å². The number of ether oxygens (including phenoxy) is 1. The fourth-order valence-electron chi connectivity index (χ4n) is 2.19. The number of hydrogen-bond donors (Lipinski definition) is 0. The van der Waals surface area contributed by atoms with Gasteiger partial charge in [0.1, 0.15) is 0 Å². The highest BCUT2D eigenvalue weighted by atomic mass is 32.3. The van der Waals surface area contributed by atoms with Crippen molar-refractivity contribution >= 4 is 16.0 Å². The van der Waals surface area contributed by atoms with Crippen molar-refractivity contribution in [3.05, 3.63) is 12.3 Å². The zero-order chi connectivity index (χ0) is 15.5. The van der Waals surface area contributed by atoms with Crippen LogP contribution in [0.5, 0.6) is 0 Å². The Morgan fingerprint density at radius 2 is 2.29 bits per heavy atom. The standard InChI is InChI=1S/C13H22FN3O3S/c1-11(10-20-2)17-6-5-13(15-17)16(9-12-3-4-12)7-8-21(14,18)19/h5-6,11-12H,3-4,7-10H2,1-2H3. The van der Waals surface area contributed by atoms with Gasteiger partial charge in [0.25, 0.3) is 0 Å². The molecule has 0 aliphatic heterocycles. The van der Waals surface area contributed by atoms with Gasteiger partial charge in [-0.05, 0) is 25.7 Å². The Bertz CT molecular complexity index is 557. The number of rotatable bonds is 9. The van der Waals surface area contributed by atoms with Crippen molar-refractivity contribution in [2.45, 2.75) is 25.8 Å². The highest BCUT2D eigenvalue weighted by Crippen LogP contribution is 2.31. The van der Waals surface area contributed by atoms with Gasteiger partial charge in [-0.3, -0.25) is 4.68 Å². The van der Waals surface area contributed by atoms with Crippen LogP contribution in [0, 0.1) is 5.92 Å². The molecule has 1 saturated carbocycles. The van der Waals surface area contributed by atoms with E-state index in [2.05, 4.69) is 5.10 Å². The monoisotopic (exact) mass is 319 g/mol. The molecule has 1 unspecified atom stereocenters. The van der Waals surface area contributed by atoms with Crippen molar-refractivity contribution in [3.8, 4) is 0 Å². The van der Waals surface area contributed by atoms with Gasteiger partial charge >= 0.3 is 10.2 Å². The third kappa shape index (κ3) is 5.28. The molecule has 1 fully saturated rings. The van der Waals surface area contributed by atoms with E-state index < -0.39 is 16.0 Å². The second-order valence-corrected chi connectivity index (χ2v) is 7.08. The minimum atomic E-state index is -4.46. The first kappa shape index (κ1) is 16.2. The van der Waals surface area contributed by atoms with Gasteiger partial charge in [0.05, 0.1) is 18.4 Å². The van der Waals surface area contributed by atoms with Crippen LogP contribution in [0.4, 0.5) is 9.70 Å². The zero-order valence-electron chi connectivity index (χ0n) is 12.4. The third-order valence-electron chi connectivity index (χ3n) is 3.56. The number of hydrogen-bond acceptors (Lipinski definition) is 5. The van der Waals surface area contributed by atoms with Crippen LogP contribution in [0.15, 0.2) is 12.3 Å². The van der Waals surface area contributed by atoms with Crippen molar-refractivity contribution in [2.24, 2.45) is 5.92 Å². The molecular formula is C13H22FN3O3S. The van der Waals surface area contributed by atoms with Gasteiger partial charge in [0.2, 0.25) is 0 Å². The summed E-state index contributed by atoms with van der Waals surface area (Å²) in [5.74, 6) is 0.752. The third-order valence-corrected chi connectivity index (χ3v) is 4.23. The molecule has 21 heavy (non-hydrogen) atoms. The number of nitrogens with zero attached hydrogens (tertiary/aromatic N) is 3. The Labute approximate surface area is 125 Å². The molecule has 1 aromatic rings. The van der Waals surface area contributed by atoms with Crippen molar-refractivity contribution in [1.29, 1.82) is 0 Å². The lowest BCUT2D eigenvalue weighted by Crippen LogP contribution is -2.31. The van der Waals surface area contributed by atoms with Crippen molar-refractivity contribution in [1.82, 2.24) is 9.78 Å². The van der Waals surface area contributed by atoms with Gasteiger partial charge in [-0.15, -0.1) is 3.89 Å². The quantitative estimate of drug-likeness (QED) is 0.647. The fourth-order valence-corrected chi connectivity index (χ4v) is 2.63. The molecule has 120 valence electrons. The maximum Gasteiger partial charge on any atom is 0.304 e. The lowest BCUT2D eigenvalue weighted by molar-refractivity contribution is 0.157. The van der Waals surface area contributed by atoms with Crippen LogP contribution in [0.25, 0.3) is 0 Å². The molecule has 0 N–H and O–H groups in total. The van der Waals surface area contributed by atoms with Gasteiger partial charge in [-0.1, -0.05) is 0 Å². The molecule has 0 radical (unpaired) electrons. The number of aromatic nitrogens is 2. The SMILES string of the molecule is COCC(C)n1ccc(N(CCS(=O)(=O)F)CC2CC2)n1. The van der Waals surface area contributed by atoms with E-state index in [4.69, 9.17) is 4.74 Å². The van der Waals surface area contributed by atoms with Crippen LogP contribution in [-0.4, -0.2) is 50.8 Å². The number of anilines is 1. The first-order chi connectivity index (χ1) is 9.89. The molecular weight excluding hydrogens is 297 g/mol. The van der Waals surface area contributed by atoms with Crippen LogP contribution in [0.1, 0.15) is 25.8 Å². The predicted octanol–water partition coefficient (Wildman–Crippen LogP) is 1.61. The normalized spacial score (nSPS) is 16.9. The molecule has 0 amide bonds. The second kappa shape index (κ2) is 6.74. The first-order valence-corrected chi connectivity index (χ1v) is 8.65. The molecule has 1 heterocycles. The van der Waals surface area contributed by atoms with Gasteiger partial charge in [-0.2, -0.15) is 13.5 Å². The summed E-state index contributed by atoms with van der Waals surface area (Å²) in [6, 6.07) is 1.93. The second-order valence-electron chi connectivity index (χ2n) is 5.59. The summed E-state index contributed by atoms with van der Waals surface area (Å²) in [4.78, 5) is 1.85. The molecule has 1 atom stereocenters. The first-order valence-electron chi connectivity index (χ1n) is 7.10. The van der Waals surface area contributed by atoms with Gasteiger partial charge in [0, 0.05) is 32.5 Å². The lowest BCUT2D eigenvalue weighted by Gasteiger charge is -2.21. The van der Waals surface area contributed by atoms with E-state index in [0.29, 0.717) is 18.3 Å². The average Bonchev–Trinajstić information content (AvgIpc) is 3.07. The topological polar surface area (TPSA) is 64.4 Å². The lowest BCUT2D eigenvalue weighted by atomic mass is 10.3. The Morgan fingerprint density at radius 3 is 2.86 bits per heavy atom. The molecule has 6 nitrogen and oxygen atoms in total. The van der Waals surface area contributed by atoms with E-state index in [-0.39, 0.29) is 12.6 Å². The van der Waals surface area contributed by atoms with Crippen LogP contribution >= 0.6 is 0 Å². The van der Waals surface area contributed by atoms with Gasteiger partial charge in [-0.25, -0.2) is 0 Å². The summed E-state index contributed by atoms with van der Waals surface area (Å²) in [5, 5.41) is 4.46. The Kier molecular flexibility index (Phi) is 5.21. The highest BCUT2D eigenvalue weighted by molar-refractivity contribution is 7.86. The summed E-state index contributed by atoms with van der Waals surface area (Å²) in [6.45, 7) is 3.39. The van der Waals surface area contributed by atoms with Crippen LogP contribution in [0.3, 0.4) is 0 Å². The Morgan fingerprint density at radius 1 is 1.57 bits per heavy atom. The van der Waals surface area contributed by atoms with E-state index in [1.54, 1.807) is 11.8 Å².